The van der Waals surface area contributed by atoms with Gasteiger partial charge in [-0.2, -0.15) is 0 Å². The Morgan fingerprint density at radius 3 is 1.17 bits per heavy atom. The van der Waals surface area contributed by atoms with E-state index in [1.54, 1.807) is 0 Å². The van der Waals surface area contributed by atoms with E-state index in [9.17, 15) is 0 Å². The normalized spacial score (nSPS) is 12.4. The van der Waals surface area contributed by atoms with Crippen molar-refractivity contribution >= 4 is 46.2 Å². The van der Waals surface area contributed by atoms with E-state index in [1.165, 1.54) is 22.3 Å². The fraction of sp³-hybridized carbons (Fsp3) is 0.0588. The van der Waals surface area contributed by atoms with Crippen molar-refractivity contribution in [1.29, 1.82) is 0 Å². The summed E-state index contributed by atoms with van der Waals surface area (Å²) in [6, 6.07) is 29.8. The number of aryl methyl sites for hydroxylation is 2. The van der Waals surface area contributed by atoms with E-state index in [-0.39, 0.29) is 0 Å². The van der Waals surface area contributed by atoms with Gasteiger partial charge in [0.1, 0.15) is 11.2 Å². The van der Waals surface area contributed by atoms with Crippen LogP contribution in [-0.4, -0.2) is 0 Å². The van der Waals surface area contributed by atoms with E-state index in [0.717, 1.165) is 33.1 Å². The minimum atomic E-state index is 0.907. The van der Waals surface area contributed by atoms with Crippen LogP contribution in [0.4, 0.5) is 0 Å². The third-order valence-corrected chi connectivity index (χ3v) is 6.05. The number of rotatable bonds is 6. The average molecular weight is 453 g/mol. The lowest BCUT2D eigenvalue weighted by atomic mass is 10.1. The zero-order valence-electron chi connectivity index (χ0n) is 20.1. The summed E-state index contributed by atoms with van der Waals surface area (Å²) in [6.07, 6.45) is 16.7. The van der Waals surface area contributed by atoms with E-state index in [0.29, 0.717) is 0 Å². The third-order valence-electron chi connectivity index (χ3n) is 6.05. The summed E-state index contributed by atoms with van der Waals surface area (Å²) < 4.78 is 6.20. The molecule has 0 spiro atoms. The van der Waals surface area contributed by atoms with E-state index in [1.807, 2.05) is 0 Å². The van der Waals surface area contributed by atoms with Gasteiger partial charge in [0.25, 0.3) is 0 Å². The molecule has 0 N–H and O–H groups in total. The lowest BCUT2D eigenvalue weighted by Gasteiger charge is -1.95. The monoisotopic (exact) mass is 452 g/mol. The summed E-state index contributed by atoms with van der Waals surface area (Å²) in [4.78, 5) is 0. The number of allylic oxidation sites excluding steroid dienone is 4. The molecule has 1 heterocycles. The van der Waals surface area contributed by atoms with Gasteiger partial charge in [-0.25, -0.2) is 0 Å². The molecule has 0 aliphatic heterocycles. The van der Waals surface area contributed by atoms with Crippen LogP contribution in [0.25, 0.3) is 46.2 Å². The quantitative estimate of drug-likeness (QED) is 0.234. The first-order valence-corrected chi connectivity index (χ1v) is 11.9. The minimum Gasteiger partial charge on any atom is -0.456 e. The number of fused-ring (bicyclic) bond motifs is 3. The summed E-state index contributed by atoms with van der Waals surface area (Å²) in [5.41, 5.74) is 8.99. The van der Waals surface area contributed by atoms with Gasteiger partial charge in [0, 0.05) is 10.8 Å². The summed E-state index contributed by atoms with van der Waals surface area (Å²) in [5.74, 6) is 0. The molecular weight excluding hydrogens is 424 g/mol. The molecule has 0 aliphatic carbocycles. The summed E-state index contributed by atoms with van der Waals surface area (Å²) >= 11 is 0. The Morgan fingerprint density at radius 1 is 0.429 bits per heavy atom. The standard InChI is InChI=1S/C34H28O/c1-25-11-15-27(16-12-25)7-3-5-9-29-19-21-31-32-22-20-30(24-34(32)35-33(31)23-29)10-6-4-8-28-17-13-26(2)14-18-28/h3-24H,1-2H3/b7-3+,8-4+,9-5+,10-6+. The van der Waals surface area contributed by atoms with Crippen molar-refractivity contribution in [3.8, 4) is 0 Å². The van der Waals surface area contributed by atoms with Crippen LogP contribution in [0.3, 0.4) is 0 Å². The van der Waals surface area contributed by atoms with Crippen LogP contribution in [0.1, 0.15) is 33.4 Å². The zero-order chi connectivity index (χ0) is 24.0. The number of furan rings is 1. The molecule has 170 valence electrons. The maximum absolute atomic E-state index is 6.20. The largest absolute Gasteiger partial charge is 0.456 e. The lowest BCUT2D eigenvalue weighted by Crippen LogP contribution is -1.74. The molecule has 4 aromatic carbocycles. The molecular formula is C34H28O. The molecule has 5 rings (SSSR count). The van der Waals surface area contributed by atoms with Crippen molar-refractivity contribution < 1.29 is 4.42 Å². The second-order valence-corrected chi connectivity index (χ2v) is 8.87. The first kappa shape index (κ1) is 22.4. The topological polar surface area (TPSA) is 13.1 Å². The first-order valence-electron chi connectivity index (χ1n) is 11.9. The van der Waals surface area contributed by atoms with Gasteiger partial charge in [-0.15, -0.1) is 0 Å². The van der Waals surface area contributed by atoms with Crippen molar-refractivity contribution in [2.75, 3.05) is 0 Å². The maximum atomic E-state index is 6.20. The van der Waals surface area contributed by atoms with Crippen LogP contribution in [0, 0.1) is 13.8 Å². The smallest absolute Gasteiger partial charge is 0.136 e. The van der Waals surface area contributed by atoms with Crippen LogP contribution in [0.2, 0.25) is 0 Å². The first-order chi connectivity index (χ1) is 17.1. The fourth-order valence-corrected chi connectivity index (χ4v) is 4.04. The number of hydrogen-bond acceptors (Lipinski definition) is 1. The molecule has 0 saturated carbocycles. The van der Waals surface area contributed by atoms with Crippen LogP contribution in [-0.2, 0) is 0 Å². The van der Waals surface area contributed by atoms with Gasteiger partial charge in [0.15, 0.2) is 0 Å². The molecule has 0 fully saturated rings. The van der Waals surface area contributed by atoms with Gasteiger partial charge >= 0.3 is 0 Å². The van der Waals surface area contributed by atoms with Crippen molar-refractivity contribution in [2.45, 2.75) is 13.8 Å². The van der Waals surface area contributed by atoms with E-state index in [4.69, 9.17) is 4.42 Å². The van der Waals surface area contributed by atoms with Crippen molar-refractivity contribution in [1.82, 2.24) is 0 Å². The number of benzene rings is 4. The van der Waals surface area contributed by atoms with Crippen LogP contribution in [0.5, 0.6) is 0 Å². The molecule has 1 nitrogen and oxygen atoms in total. The van der Waals surface area contributed by atoms with Gasteiger partial charge in [-0.05, 0) is 60.4 Å². The molecule has 0 unspecified atom stereocenters. The summed E-state index contributed by atoms with van der Waals surface area (Å²) in [5, 5.41) is 2.28. The van der Waals surface area contributed by atoms with Crippen LogP contribution in [0.15, 0.2) is 114 Å². The predicted molar refractivity (Wildman–Crippen MR) is 152 cm³/mol. The minimum absolute atomic E-state index is 0.907. The van der Waals surface area contributed by atoms with Crippen LogP contribution >= 0.6 is 0 Å². The highest BCUT2D eigenvalue weighted by atomic mass is 16.3. The molecule has 0 saturated heterocycles. The molecule has 1 aromatic heterocycles. The molecule has 0 amide bonds. The van der Waals surface area contributed by atoms with Gasteiger partial charge in [0.05, 0.1) is 0 Å². The Balaban J connectivity index is 1.30. The Kier molecular flexibility index (Phi) is 6.59. The van der Waals surface area contributed by atoms with E-state index in [2.05, 4.69) is 147 Å². The molecule has 0 bridgehead atoms. The fourth-order valence-electron chi connectivity index (χ4n) is 4.04. The van der Waals surface area contributed by atoms with Crippen molar-refractivity contribution in [2.24, 2.45) is 0 Å². The lowest BCUT2D eigenvalue weighted by molar-refractivity contribution is 0.669. The van der Waals surface area contributed by atoms with E-state index >= 15 is 0 Å². The zero-order valence-corrected chi connectivity index (χ0v) is 20.1. The van der Waals surface area contributed by atoms with Crippen LogP contribution < -0.4 is 0 Å². The molecule has 0 radical (unpaired) electrons. The highest BCUT2D eigenvalue weighted by Crippen LogP contribution is 2.30. The molecule has 1 heteroatoms. The summed E-state index contributed by atoms with van der Waals surface area (Å²) in [6.45, 7) is 4.20. The second kappa shape index (κ2) is 10.3. The molecule has 0 atom stereocenters. The Labute approximate surface area is 207 Å². The molecule has 0 aliphatic rings. The van der Waals surface area contributed by atoms with Gasteiger partial charge < -0.3 is 4.42 Å². The highest BCUT2D eigenvalue weighted by molar-refractivity contribution is 6.05. The average Bonchev–Trinajstić information content (AvgIpc) is 3.23. The van der Waals surface area contributed by atoms with Gasteiger partial charge in [-0.3, -0.25) is 0 Å². The Morgan fingerprint density at radius 2 is 0.771 bits per heavy atom. The SMILES string of the molecule is Cc1ccc(/C=C/C=C/c2ccc3c(c2)oc2cc(/C=C/C=C/c4ccc(C)cc4)ccc23)cc1. The van der Waals surface area contributed by atoms with E-state index < -0.39 is 0 Å². The number of hydrogen-bond donors (Lipinski definition) is 0. The second-order valence-electron chi connectivity index (χ2n) is 8.87. The van der Waals surface area contributed by atoms with Crippen molar-refractivity contribution in [3.05, 3.63) is 143 Å². The van der Waals surface area contributed by atoms with Gasteiger partial charge in [-0.1, -0.05) is 120 Å². The third kappa shape index (κ3) is 5.59. The summed E-state index contributed by atoms with van der Waals surface area (Å²) in [7, 11) is 0. The Bertz CT molecular complexity index is 1450. The highest BCUT2D eigenvalue weighted by Gasteiger charge is 2.07. The molecule has 35 heavy (non-hydrogen) atoms. The Hall–Kier alpha value is -4.36. The molecule has 5 aromatic rings. The van der Waals surface area contributed by atoms with Gasteiger partial charge in [0.2, 0.25) is 0 Å². The maximum Gasteiger partial charge on any atom is 0.136 e. The van der Waals surface area contributed by atoms with Crippen molar-refractivity contribution in [3.63, 3.8) is 0 Å². The predicted octanol–water partition coefficient (Wildman–Crippen LogP) is 9.66.